The van der Waals surface area contributed by atoms with Crippen molar-refractivity contribution in [2.24, 2.45) is 5.92 Å². The molecule has 0 radical (unpaired) electrons. The Bertz CT molecular complexity index is 657. The van der Waals surface area contributed by atoms with Gasteiger partial charge in [-0.15, -0.1) is 0 Å². The lowest BCUT2D eigenvalue weighted by Crippen LogP contribution is -2.26. The third kappa shape index (κ3) is 3.55. The highest BCUT2D eigenvalue weighted by Crippen LogP contribution is 2.38. The molecule has 1 unspecified atom stereocenters. The number of nitrogens with one attached hydrogen (secondary N) is 1. The number of nitrogens with zero attached hydrogens (tertiary/aromatic N) is 1. The lowest BCUT2D eigenvalue weighted by Gasteiger charge is -2.22. The number of hydrogen-bond donors (Lipinski definition) is 1. The van der Waals surface area contributed by atoms with Crippen molar-refractivity contribution in [1.29, 1.82) is 0 Å². The van der Waals surface area contributed by atoms with Gasteiger partial charge in [0, 0.05) is 6.07 Å². The van der Waals surface area contributed by atoms with Gasteiger partial charge in [0.25, 0.3) is 0 Å². The van der Waals surface area contributed by atoms with Gasteiger partial charge in [0.1, 0.15) is 11.5 Å². The first-order chi connectivity index (χ1) is 11.2. The highest BCUT2D eigenvalue weighted by atomic mass is 16.5. The number of carbonyl (C=O) groups excluding carboxylic acids is 1. The summed E-state index contributed by atoms with van der Waals surface area (Å²) in [5.41, 5.74) is 1.02. The molecule has 3 rings (SSSR count). The molecular weight excluding hydrogens is 292 g/mol. The first-order valence-corrected chi connectivity index (χ1v) is 8.05. The van der Waals surface area contributed by atoms with E-state index in [2.05, 4.69) is 10.5 Å². The molecule has 0 aliphatic heterocycles. The van der Waals surface area contributed by atoms with E-state index in [-0.39, 0.29) is 11.8 Å². The fourth-order valence-electron chi connectivity index (χ4n) is 3.37. The van der Waals surface area contributed by atoms with Gasteiger partial charge in [0.2, 0.25) is 5.91 Å². The van der Waals surface area contributed by atoms with Gasteiger partial charge in [-0.05, 0) is 43.4 Å². The van der Waals surface area contributed by atoms with Crippen molar-refractivity contribution >= 4 is 11.7 Å². The van der Waals surface area contributed by atoms with Crippen molar-refractivity contribution in [2.45, 2.75) is 38.5 Å². The van der Waals surface area contributed by atoms with Crippen molar-refractivity contribution in [1.82, 2.24) is 5.16 Å². The molecule has 1 atom stereocenters. The van der Waals surface area contributed by atoms with Gasteiger partial charge in [-0.1, -0.05) is 30.1 Å². The molecule has 1 saturated carbocycles. The summed E-state index contributed by atoms with van der Waals surface area (Å²) in [7, 11) is 1.64. The van der Waals surface area contributed by atoms with Crippen molar-refractivity contribution in [3.8, 4) is 5.75 Å². The molecule has 0 bridgehead atoms. The Kier molecular flexibility index (Phi) is 4.65. The zero-order valence-corrected chi connectivity index (χ0v) is 13.5. The zero-order chi connectivity index (χ0) is 16.2. The summed E-state index contributed by atoms with van der Waals surface area (Å²) in [5.74, 6) is 2.14. The zero-order valence-electron chi connectivity index (χ0n) is 13.5. The van der Waals surface area contributed by atoms with Crippen LogP contribution < -0.4 is 10.1 Å². The highest BCUT2D eigenvalue weighted by Gasteiger charge is 2.32. The second-order valence-electron chi connectivity index (χ2n) is 6.11. The van der Waals surface area contributed by atoms with Crippen molar-refractivity contribution in [2.75, 3.05) is 12.4 Å². The number of aryl methyl sites for hydroxylation is 1. The summed E-state index contributed by atoms with van der Waals surface area (Å²) >= 11 is 0. The van der Waals surface area contributed by atoms with Crippen LogP contribution in [0, 0.1) is 12.8 Å². The van der Waals surface area contributed by atoms with Crippen LogP contribution in [0.5, 0.6) is 5.75 Å². The van der Waals surface area contributed by atoms with Crippen LogP contribution >= 0.6 is 0 Å². The van der Waals surface area contributed by atoms with Gasteiger partial charge in [0.05, 0.1) is 13.0 Å². The van der Waals surface area contributed by atoms with Crippen LogP contribution in [0.1, 0.15) is 42.9 Å². The Morgan fingerprint density at radius 3 is 2.57 bits per heavy atom. The number of methoxy groups -OCH3 is 1. The summed E-state index contributed by atoms with van der Waals surface area (Å²) < 4.78 is 10.2. The maximum absolute atomic E-state index is 12.8. The van der Waals surface area contributed by atoms with Crippen LogP contribution in [0.2, 0.25) is 0 Å². The maximum Gasteiger partial charge on any atom is 0.233 e. The minimum atomic E-state index is -0.166. The molecule has 1 heterocycles. The number of benzene rings is 1. The molecule has 23 heavy (non-hydrogen) atoms. The Morgan fingerprint density at radius 1 is 1.30 bits per heavy atom. The fourth-order valence-corrected chi connectivity index (χ4v) is 3.37. The maximum atomic E-state index is 12.8. The highest BCUT2D eigenvalue weighted by molar-refractivity contribution is 5.95. The molecule has 1 fully saturated rings. The van der Waals surface area contributed by atoms with E-state index in [0.717, 1.165) is 24.2 Å². The summed E-state index contributed by atoms with van der Waals surface area (Å²) in [4.78, 5) is 12.8. The molecule has 1 aliphatic rings. The SMILES string of the molecule is COc1ccc(C(C(=O)Nc2cc(C)on2)C2CCCC2)cc1. The summed E-state index contributed by atoms with van der Waals surface area (Å²) in [6.07, 6.45) is 4.55. The standard InChI is InChI=1S/C18H22N2O3/c1-12-11-16(20-23-12)19-18(21)17(13-5-3-4-6-13)14-7-9-15(22-2)10-8-14/h7-11,13,17H,3-6H2,1-2H3,(H,19,20,21). The smallest absolute Gasteiger partial charge is 0.233 e. The van der Waals surface area contributed by atoms with Gasteiger partial charge in [-0.25, -0.2) is 0 Å². The number of ether oxygens (including phenoxy) is 1. The average Bonchev–Trinajstić information content (AvgIpc) is 3.20. The first-order valence-electron chi connectivity index (χ1n) is 8.05. The predicted molar refractivity (Wildman–Crippen MR) is 87.6 cm³/mol. The van der Waals surface area contributed by atoms with E-state index in [1.165, 1.54) is 12.8 Å². The molecule has 1 N–H and O–H groups in total. The predicted octanol–water partition coefficient (Wildman–Crippen LogP) is 3.90. The second kappa shape index (κ2) is 6.86. The number of amides is 1. The van der Waals surface area contributed by atoms with Crippen molar-refractivity contribution in [3.05, 3.63) is 41.7 Å². The monoisotopic (exact) mass is 314 g/mol. The number of carbonyl (C=O) groups is 1. The van der Waals surface area contributed by atoms with Gasteiger partial charge in [-0.2, -0.15) is 0 Å². The van der Waals surface area contributed by atoms with E-state index in [0.29, 0.717) is 17.5 Å². The summed E-state index contributed by atoms with van der Waals surface area (Å²) in [6.45, 7) is 1.81. The molecule has 122 valence electrons. The van der Waals surface area contributed by atoms with E-state index in [4.69, 9.17) is 9.26 Å². The Labute approximate surface area is 136 Å². The van der Waals surface area contributed by atoms with Crippen LogP contribution in [0.25, 0.3) is 0 Å². The third-order valence-electron chi connectivity index (χ3n) is 4.51. The van der Waals surface area contributed by atoms with Gasteiger partial charge >= 0.3 is 0 Å². The molecule has 1 amide bonds. The number of aromatic nitrogens is 1. The Balaban J connectivity index is 1.83. The average molecular weight is 314 g/mol. The molecule has 5 nitrogen and oxygen atoms in total. The molecule has 1 aromatic carbocycles. The second-order valence-corrected chi connectivity index (χ2v) is 6.11. The lowest BCUT2D eigenvalue weighted by molar-refractivity contribution is -0.118. The van der Waals surface area contributed by atoms with E-state index >= 15 is 0 Å². The van der Waals surface area contributed by atoms with Crippen LogP contribution in [-0.4, -0.2) is 18.2 Å². The molecule has 1 aliphatic carbocycles. The molecule has 5 heteroatoms. The lowest BCUT2D eigenvalue weighted by atomic mass is 9.84. The van der Waals surface area contributed by atoms with Crippen LogP contribution in [-0.2, 0) is 4.79 Å². The van der Waals surface area contributed by atoms with Gasteiger partial charge in [-0.3, -0.25) is 4.79 Å². The largest absolute Gasteiger partial charge is 0.497 e. The fraction of sp³-hybridized carbons (Fsp3) is 0.444. The topological polar surface area (TPSA) is 64.4 Å². The molecule has 2 aromatic rings. The van der Waals surface area contributed by atoms with E-state index in [9.17, 15) is 4.79 Å². The summed E-state index contributed by atoms with van der Waals surface area (Å²) in [6, 6.07) is 9.51. The molecule has 0 spiro atoms. The van der Waals surface area contributed by atoms with Gasteiger partial charge < -0.3 is 14.6 Å². The molecule has 0 saturated heterocycles. The van der Waals surface area contributed by atoms with E-state index < -0.39 is 0 Å². The molecular formula is C18H22N2O3. The number of hydrogen-bond acceptors (Lipinski definition) is 4. The van der Waals surface area contributed by atoms with Crippen molar-refractivity contribution < 1.29 is 14.1 Å². The summed E-state index contributed by atoms with van der Waals surface area (Å²) in [5, 5.41) is 6.75. The van der Waals surface area contributed by atoms with E-state index in [1.54, 1.807) is 20.1 Å². The van der Waals surface area contributed by atoms with Gasteiger partial charge in [0.15, 0.2) is 5.82 Å². The number of anilines is 1. The van der Waals surface area contributed by atoms with Crippen LogP contribution in [0.3, 0.4) is 0 Å². The Hall–Kier alpha value is -2.30. The normalized spacial score (nSPS) is 16.3. The van der Waals surface area contributed by atoms with E-state index in [1.807, 2.05) is 24.3 Å². The molecule has 1 aromatic heterocycles. The van der Waals surface area contributed by atoms with Crippen molar-refractivity contribution in [3.63, 3.8) is 0 Å². The quantitative estimate of drug-likeness (QED) is 0.909. The Morgan fingerprint density at radius 2 is 2.00 bits per heavy atom. The third-order valence-corrected chi connectivity index (χ3v) is 4.51. The number of rotatable bonds is 5. The minimum absolute atomic E-state index is 0.0182. The first kappa shape index (κ1) is 15.6. The minimum Gasteiger partial charge on any atom is -0.497 e. The van der Waals surface area contributed by atoms with Crippen LogP contribution in [0.15, 0.2) is 34.9 Å². The van der Waals surface area contributed by atoms with Crippen LogP contribution in [0.4, 0.5) is 5.82 Å².